The van der Waals surface area contributed by atoms with E-state index in [1.54, 1.807) is 14.2 Å². The Balaban J connectivity index is 2.06. The first-order valence-corrected chi connectivity index (χ1v) is 7.23. The molecule has 112 valence electrons. The summed E-state index contributed by atoms with van der Waals surface area (Å²) in [5, 5.41) is 3.68. The highest BCUT2D eigenvalue weighted by molar-refractivity contribution is 5.42. The second-order valence-electron chi connectivity index (χ2n) is 5.40. The lowest BCUT2D eigenvalue weighted by Gasteiger charge is -2.31. The predicted molar refractivity (Wildman–Crippen MR) is 79.5 cm³/mol. The molecule has 20 heavy (non-hydrogen) atoms. The van der Waals surface area contributed by atoms with Gasteiger partial charge in [-0.1, -0.05) is 6.07 Å². The fourth-order valence-electron chi connectivity index (χ4n) is 2.77. The Bertz CT molecular complexity index is 436. The van der Waals surface area contributed by atoms with Crippen LogP contribution in [0.25, 0.3) is 0 Å². The topological polar surface area (TPSA) is 39.7 Å². The molecule has 1 saturated heterocycles. The average Bonchev–Trinajstić information content (AvgIpc) is 2.46. The molecule has 4 heteroatoms. The average molecular weight is 279 g/mol. The molecule has 3 atom stereocenters. The number of ether oxygens (including phenoxy) is 3. The first kappa shape index (κ1) is 15.1. The number of rotatable bonds is 5. The lowest BCUT2D eigenvalue weighted by Crippen LogP contribution is -2.39. The Morgan fingerprint density at radius 2 is 2.10 bits per heavy atom. The predicted octanol–water partition coefficient (Wildman–Crippen LogP) is 2.92. The Kier molecular flexibility index (Phi) is 5.26. The van der Waals surface area contributed by atoms with Crippen LogP contribution in [-0.2, 0) is 4.74 Å². The molecule has 1 aliphatic heterocycles. The van der Waals surface area contributed by atoms with Crippen LogP contribution in [0.5, 0.6) is 11.5 Å². The van der Waals surface area contributed by atoms with Crippen molar-refractivity contribution in [3.8, 4) is 11.5 Å². The Labute approximate surface area is 121 Å². The van der Waals surface area contributed by atoms with E-state index >= 15 is 0 Å². The Morgan fingerprint density at radius 1 is 1.30 bits per heavy atom. The summed E-state index contributed by atoms with van der Waals surface area (Å²) < 4.78 is 16.3. The lowest BCUT2D eigenvalue weighted by molar-refractivity contribution is 0.0115. The van der Waals surface area contributed by atoms with Crippen LogP contribution in [-0.4, -0.2) is 33.0 Å². The minimum Gasteiger partial charge on any atom is -0.497 e. The molecule has 1 fully saturated rings. The summed E-state index contributed by atoms with van der Waals surface area (Å²) in [5.41, 5.74) is 1.16. The second kappa shape index (κ2) is 6.95. The van der Waals surface area contributed by atoms with Gasteiger partial charge in [0.25, 0.3) is 0 Å². The molecule has 2 rings (SSSR count). The van der Waals surface area contributed by atoms with E-state index < -0.39 is 0 Å². The largest absolute Gasteiger partial charge is 0.497 e. The van der Waals surface area contributed by atoms with Gasteiger partial charge in [0, 0.05) is 30.3 Å². The van der Waals surface area contributed by atoms with E-state index in [0.29, 0.717) is 12.1 Å². The minimum atomic E-state index is 0.242. The molecule has 0 bridgehead atoms. The highest BCUT2D eigenvalue weighted by Crippen LogP contribution is 2.30. The first-order valence-electron chi connectivity index (χ1n) is 7.23. The van der Waals surface area contributed by atoms with Crippen molar-refractivity contribution >= 4 is 0 Å². The summed E-state index contributed by atoms with van der Waals surface area (Å²) in [5.74, 6) is 1.68. The maximum absolute atomic E-state index is 5.59. The van der Waals surface area contributed by atoms with Gasteiger partial charge in [-0.25, -0.2) is 0 Å². The van der Waals surface area contributed by atoms with Gasteiger partial charge in [0.05, 0.1) is 20.3 Å². The van der Waals surface area contributed by atoms with E-state index in [1.807, 2.05) is 12.1 Å². The molecule has 1 aromatic rings. The maximum Gasteiger partial charge on any atom is 0.127 e. The smallest absolute Gasteiger partial charge is 0.127 e. The second-order valence-corrected chi connectivity index (χ2v) is 5.40. The zero-order valence-corrected chi connectivity index (χ0v) is 12.8. The monoisotopic (exact) mass is 279 g/mol. The molecule has 0 aromatic heterocycles. The van der Waals surface area contributed by atoms with Crippen LogP contribution >= 0.6 is 0 Å². The first-order chi connectivity index (χ1) is 9.63. The van der Waals surface area contributed by atoms with Gasteiger partial charge < -0.3 is 19.5 Å². The molecular formula is C16H25NO3. The molecule has 0 amide bonds. The van der Waals surface area contributed by atoms with Crippen molar-refractivity contribution in [1.82, 2.24) is 5.32 Å². The summed E-state index contributed by atoms with van der Waals surface area (Å²) in [6, 6.07) is 6.72. The maximum atomic E-state index is 5.59. The SMILES string of the molecule is COc1ccc(C(C)NC2CCOC(C)C2)c(OC)c1. The minimum absolute atomic E-state index is 0.242. The van der Waals surface area contributed by atoms with Gasteiger partial charge in [0.1, 0.15) is 11.5 Å². The van der Waals surface area contributed by atoms with Crippen molar-refractivity contribution < 1.29 is 14.2 Å². The number of hydrogen-bond acceptors (Lipinski definition) is 4. The third-order valence-corrected chi connectivity index (χ3v) is 3.88. The molecule has 3 unspecified atom stereocenters. The fraction of sp³-hybridized carbons (Fsp3) is 0.625. The third-order valence-electron chi connectivity index (χ3n) is 3.88. The van der Waals surface area contributed by atoms with E-state index in [0.717, 1.165) is 36.5 Å². The van der Waals surface area contributed by atoms with Crippen molar-refractivity contribution in [2.75, 3.05) is 20.8 Å². The third kappa shape index (κ3) is 3.64. The van der Waals surface area contributed by atoms with Gasteiger partial charge >= 0.3 is 0 Å². The molecule has 1 aromatic carbocycles. The summed E-state index contributed by atoms with van der Waals surface area (Å²) in [6.07, 6.45) is 2.46. The highest BCUT2D eigenvalue weighted by Gasteiger charge is 2.22. The zero-order valence-electron chi connectivity index (χ0n) is 12.8. The highest BCUT2D eigenvalue weighted by atomic mass is 16.5. The molecule has 0 saturated carbocycles. The van der Waals surface area contributed by atoms with Gasteiger partial charge in [-0.15, -0.1) is 0 Å². The molecule has 0 aliphatic carbocycles. The molecule has 1 aliphatic rings. The van der Waals surface area contributed by atoms with Crippen LogP contribution in [0, 0.1) is 0 Å². The van der Waals surface area contributed by atoms with E-state index in [2.05, 4.69) is 25.2 Å². The van der Waals surface area contributed by atoms with Gasteiger partial charge in [-0.2, -0.15) is 0 Å². The number of nitrogens with one attached hydrogen (secondary N) is 1. The summed E-state index contributed by atoms with van der Waals surface area (Å²) in [6.45, 7) is 5.14. The van der Waals surface area contributed by atoms with E-state index in [4.69, 9.17) is 14.2 Å². The van der Waals surface area contributed by atoms with Gasteiger partial charge in [0.2, 0.25) is 0 Å². The van der Waals surface area contributed by atoms with Crippen LogP contribution in [0.4, 0.5) is 0 Å². The number of methoxy groups -OCH3 is 2. The molecule has 1 N–H and O–H groups in total. The quantitative estimate of drug-likeness (QED) is 0.899. The van der Waals surface area contributed by atoms with Crippen LogP contribution in [0.15, 0.2) is 18.2 Å². The molecule has 0 radical (unpaired) electrons. The molecule has 1 heterocycles. The van der Waals surface area contributed by atoms with Crippen LogP contribution < -0.4 is 14.8 Å². The van der Waals surface area contributed by atoms with Gasteiger partial charge in [0.15, 0.2) is 0 Å². The van der Waals surface area contributed by atoms with Crippen LogP contribution in [0.2, 0.25) is 0 Å². The van der Waals surface area contributed by atoms with Crippen molar-refractivity contribution in [2.24, 2.45) is 0 Å². The molecule has 0 spiro atoms. The molecule has 4 nitrogen and oxygen atoms in total. The Hall–Kier alpha value is -1.26. The number of hydrogen-bond donors (Lipinski definition) is 1. The van der Waals surface area contributed by atoms with Gasteiger partial charge in [-0.3, -0.25) is 0 Å². The van der Waals surface area contributed by atoms with Crippen molar-refractivity contribution in [2.45, 2.75) is 44.9 Å². The Morgan fingerprint density at radius 3 is 2.75 bits per heavy atom. The van der Waals surface area contributed by atoms with E-state index in [-0.39, 0.29) is 6.04 Å². The standard InChI is InChI=1S/C16H25NO3/c1-11-9-13(7-8-20-11)17-12(2)15-6-5-14(18-3)10-16(15)19-4/h5-6,10-13,17H,7-9H2,1-4H3. The van der Waals surface area contributed by atoms with E-state index in [9.17, 15) is 0 Å². The summed E-state index contributed by atoms with van der Waals surface area (Å²) in [4.78, 5) is 0. The fourth-order valence-corrected chi connectivity index (χ4v) is 2.77. The van der Waals surface area contributed by atoms with Crippen molar-refractivity contribution in [3.63, 3.8) is 0 Å². The van der Waals surface area contributed by atoms with Crippen molar-refractivity contribution in [1.29, 1.82) is 0 Å². The summed E-state index contributed by atoms with van der Waals surface area (Å²) in [7, 11) is 3.36. The van der Waals surface area contributed by atoms with Crippen LogP contribution in [0.1, 0.15) is 38.3 Å². The van der Waals surface area contributed by atoms with Gasteiger partial charge in [-0.05, 0) is 32.8 Å². The lowest BCUT2D eigenvalue weighted by atomic mass is 10.0. The normalized spacial score (nSPS) is 24.2. The summed E-state index contributed by atoms with van der Waals surface area (Å²) >= 11 is 0. The number of benzene rings is 1. The molecular weight excluding hydrogens is 254 g/mol. The van der Waals surface area contributed by atoms with E-state index in [1.165, 1.54) is 0 Å². The van der Waals surface area contributed by atoms with Crippen molar-refractivity contribution in [3.05, 3.63) is 23.8 Å². The zero-order chi connectivity index (χ0) is 14.5. The van der Waals surface area contributed by atoms with Crippen LogP contribution in [0.3, 0.4) is 0 Å².